The second-order valence-corrected chi connectivity index (χ2v) is 8.00. The van der Waals surface area contributed by atoms with Crippen LogP contribution in [0.1, 0.15) is 15.9 Å². The molecule has 2 heterocycles. The van der Waals surface area contributed by atoms with Crippen molar-refractivity contribution >= 4 is 15.9 Å². The van der Waals surface area contributed by atoms with E-state index in [0.717, 1.165) is 0 Å². The Labute approximate surface area is 150 Å². The number of H-pyrrole nitrogens is 1. The summed E-state index contributed by atoms with van der Waals surface area (Å²) in [4.78, 5) is 26.1. The highest BCUT2D eigenvalue weighted by Crippen LogP contribution is 2.23. The molecule has 9 heteroatoms. The second kappa shape index (κ2) is 6.93. The summed E-state index contributed by atoms with van der Waals surface area (Å²) in [5.74, 6) is 0.235. The highest BCUT2D eigenvalue weighted by Gasteiger charge is 2.37. The molecule has 1 aliphatic heterocycles. The molecule has 1 aromatic heterocycles. The molecule has 26 heavy (non-hydrogen) atoms. The van der Waals surface area contributed by atoms with Crippen molar-refractivity contribution in [2.24, 2.45) is 0 Å². The molecule has 0 radical (unpaired) electrons. The molecule has 3 rings (SSSR count). The zero-order valence-electron chi connectivity index (χ0n) is 14.4. The third kappa shape index (κ3) is 3.49. The monoisotopic (exact) mass is 377 g/mol. The Bertz CT molecular complexity index is 976. The lowest BCUT2D eigenvalue weighted by Crippen LogP contribution is -2.60. The topological polar surface area (TPSA) is 109 Å². The van der Waals surface area contributed by atoms with Gasteiger partial charge in [0.2, 0.25) is 15.6 Å². The van der Waals surface area contributed by atoms with Crippen LogP contribution in [-0.2, 0) is 10.0 Å². The fourth-order valence-corrected chi connectivity index (χ4v) is 4.23. The molecule has 1 aromatic carbocycles. The van der Waals surface area contributed by atoms with E-state index in [1.807, 2.05) is 0 Å². The van der Waals surface area contributed by atoms with Gasteiger partial charge in [0.15, 0.2) is 0 Å². The minimum absolute atomic E-state index is 0.180. The van der Waals surface area contributed by atoms with E-state index in [-0.39, 0.29) is 35.5 Å². The van der Waals surface area contributed by atoms with Crippen LogP contribution >= 0.6 is 0 Å². The van der Waals surface area contributed by atoms with Gasteiger partial charge in [-0.05, 0) is 36.8 Å². The molecule has 8 nitrogen and oxygen atoms in total. The first-order valence-electron chi connectivity index (χ1n) is 7.95. The van der Waals surface area contributed by atoms with Gasteiger partial charge in [-0.15, -0.1) is 0 Å². The average Bonchev–Trinajstić information content (AvgIpc) is 2.57. The number of aromatic amines is 1. The van der Waals surface area contributed by atoms with Crippen molar-refractivity contribution in [1.82, 2.24) is 14.6 Å². The predicted molar refractivity (Wildman–Crippen MR) is 94.8 cm³/mol. The second-order valence-electron chi connectivity index (χ2n) is 6.06. The molecule has 0 saturated carbocycles. The van der Waals surface area contributed by atoms with Gasteiger partial charge in [0, 0.05) is 25.4 Å². The van der Waals surface area contributed by atoms with E-state index in [1.54, 1.807) is 19.1 Å². The molecule has 0 unspecified atom stereocenters. The van der Waals surface area contributed by atoms with Gasteiger partial charge in [-0.1, -0.05) is 0 Å². The lowest BCUT2D eigenvalue weighted by Gasteiger charge is -2.38. The number of carbonyl (C=O) groups is 1. The first-order valence-corrected chi connectivity index (χ1v) is 9.39. The molecule has 0 atom stereocenters. The maximum atomic E-state index is 12.5. The number of methoxy groups -OCH3 is 1. The third-order valence-electron chi connectivity index (χ3n) is 4.26. The van der Waals surface area contributed by atoms with Crippen molar-refractivity contribution in [3.63, 3.8) is 0 Å². The van der Waals surface area contributed by atoms with Crippen LogP contribution in [-0.4, -0.2) is 49.9 Å². The van der Waals surface area contributed by atoms with Crippen molar-refractivity contribution in [2.45, 2.75) is 17.9 Å². The molecule has 0 bridgehead atoms. The molecule has 1 saturated heterocycles. The summed E-state index contributed by atoms with van der Waals surface area (Å²) in [6.45, 7) is 2.07. The van der Waals surface area contributed by atoms with Crippen molar-refractivity contribution in [3.05, 3.63) is 58.0 Å². The summed E-state index contributed by atoms with van der Waals surface area (Å²) in [6, 6.07) is 7.22. The number of sulfonamides is 1. The number of amides is 1. The number of rotatable bonds is 5. The number of nitrogens with zero attached hydrogens (tertiary/aromatic N) is 1. The Morgan fingerprint density at radius 3 is 2.50 bits per heavy atom. The normalized spacial score (nSPS) is 15.3. The fourth-order valence-electron chi connectivity index (χ4n) is 2.70. The Hall–Kier alpha value is -2.65. The van der Waals surface area contributed by atoms with E-state index in [4.69, 9.17) is 4.74 Å². The van der Waals surface area contributed by atoms with Gasteiger partial charge in [-0.2, -0.15) is 4.31 Å². The molecule has 138 valence electrons. The highest BCUT2D eigenvalue weighted by atomic mass is 32.2. The van der Waals surface area contributed by atoms with Crippen LogP contribution in [0.5, 0.6) is 5.75 Å². The third-order valence-corrected chi connectivity index (χ3v) is 6.10. The smallest absolute Gasteiger partial charge is 0.253 e. The predicted octanol–water partition coefficient (Wildman–Crippen LogP) is 0.495. The fraction of sp³-hybridized carbons (Fsp3) is 0.294. The number of aromatic nitrogens is 1. The lowest BCUT2D eigenvalue weighted by molar-refractivity contribution is 0.0894. The van der Waals surface area contributed by atoms with Crippen molar-refractivity contribution in [3.8, 4) is 5.75 Å². The zero-order chi connectivity index (χ0) is 18.9. The molecule has 2 aromatic rings. The number of nitrogens with one attached hydrogen (secondary N) is 2. The summed E-state index contributed by atoms with van der Waals surface area (Å²) < 4.78 is 31.4. The average molecular weight is 377 g/mol. The molecule has 1 aliphatic rings. The highest BCUT2D eigenvalue weighted by molar-refractivity contribution is 7.89. The summed E-state index contributed by atoms with van der Waals surface area (Å²) in [5.41, 5.74) is 0.647. The van der Waals surface area contributed by atoms with Crippen molar-refractivity contribution in [1.29, 1.82) is 0 Å². The first kappa shape index (κ1) is 18.2. The van der Waals surface area contributed by atoms with Gasteiger partial charge in [0.1, 0.15) is 5.75 Å². The van der Waals surface area contributed by atoms with Gasteiger partial charge < -0.3 is 15.0 Å². The lowest BCUT2D eigenvalue weighted by atomic mass is 10.1. The quantitative estimate of drug-likeness (QED) is 0.789. The Kier molecular flexibility index (Phi) is 4.84. The Morgan fingerprint density at radius 1 is 1.27 bits per heavy atom. The number of benzene rings is 1. The van der Waals surface area contributed by atoms with Gasteiger partial charge in [0.05, 0.1) is 23.6 Å². The standard InChI is InChI=1S/C17H19N3O5S/c1-11-7-16(21)18-8-15(11)17(22)19-12-9-20(10-12)26(23,24)14-5-3-13(25-2)4-6-14/h3-8,12H,9-10H2,1-2H3,(H,18,21)(H,19,22). The van der Waals surface area contributed by atoms with E-state index in [1.165, 1.54) is 35.8 Å². The van der Waals surface area contributed by atoms with Crippen LogP contribution in [0.25, 0.3) is 0 Å². The van der Waals surface area contributed by atoms with Crippen molar-refractivity contribution < 1.29 is 17.9 Å². The van der Waals surface area contributed by atoms with Crippen LogP contribution in [0.2, 0.25) is 0 Å². The molecule has 0 aliphatic carbocycles. The maximum absolute atomic E-state index is 12.5. The summed E-state index contributed by atoms with van der Waals surface area (Å²) in [6.07, 6.45) is 1.36. The molecule has 1 amide bonds. The van der Waals surface area contributed by atoms with Gasteiger partial charge in [-0.25, -0.2) is 8.42 Å². The minimum Gasteiger partial charge on any atom is -0.497 e. The first-order chi connectivity index (χ1) is 12.3. The molecular weight excluding hydrogens is 358 g/mol. The van der Waals surface area contributed by atoms with Crippen molar-refractivity contribution in [2.75, 3.05) is 20.2 Å². The van der Waals surface area contributed by atoms with Crippen LogP contribution in [0, 0.1) is 6.92 Å². The largest absolute Gasteiger partial charge is 0.497 e. The summed E-state index contributed by atoms with van der Waals surface area (Å²) >= 11 is 0. The molecule has 2 N–H and O–H groups in total. The number of pyridine rings is 1. The molecule has 1 fully saturated rings. The number of carbonyl (C=O) groups excluding carboxylic acids is 1. The number of aryl methyl sites for hydroxylation is 1. The summed E-state index contributed by atoms with van der Waals surface area (Å²) in [7, 11) is -2.09. The molecule has 0 spiro atoms. The number of hydrogen-bond donors (Lipinski definition) is 2. The zero-order valence-corrected chi connectivity index (χ0v) is 15.2. The summed E-state index contributed by atoms with van der Waals surface area (Å²) in [5, 5.41) is 2.78. The Balaban J connectivity index is 1.62. The Morgan fingerprint density at radius 2 is 1.92 bits per heavy atom. The SMILES string of the molecule is COc1ccc(S(=O)(=O)N2CC(NC(=O)c3c[nH]c(=O)cc3C)C2)cc1. The minimum atomic E-state index is -3.60. The van der Waals surface area contributed by atoms with Gasteiger partial charge in [0.25, 0.3) is 5.91 Å². The van der Waals surface area contributed by atoms with E-state index < -0.39 is 10.0 Å². The van der Waals surface area contributed by atoms with Crippen LogP contribution < -0.4 is 15.6 Å². The van der Waals surface area contributed by atoms with E-state index in [2.05, 4.69) is 10.3 Å². The number of ether oxygens (including phenoxy) is 1. The number of hydrogen-bond acceptors (Lipinski definition) is 5. The maximum Gasteiger partial charge on any atom is 0.253 e. The van der Waals surface area contributed by atoms with Crippen LogP contribution in [0.3, 0.4) is 0 Å². The van der Waals surface area contributed by atoms with Gasteiger partial charge in [-0.3, -0.25) is 9.59 Å². The van der Waals surface area contributed by atoms with E-state index >= 15 is 0 Å². The van der Waals surface area contributed by atoms with E-state index in [9.17, 15) is 18.0 Å². The molecular formula is C17H19N3O5S. The van der Waals surface area contributed by atoms with E-state index in [0.29, 0.717) is 16.9 Å². The van der Waals surface area contributed by atoms with Gasteiger partial charge >= 0.3 is 0 Å². The van der Waals surface area contributed by atoms with Crippen LogP contribution in [0.15, 0.2) is 46.2 Å². The van der Waals surface area contributed by atoms with Crippen LogP contribution in [0.4, 0.5) is 0 Å².